The minimum absolute atomic E-state index is 0.0440. The Balaban J connectivity index is 2.44. The maximum Gasteiger partial charge on any atom is 0.312 e. The van der Waals surface area contributed by atoms with Crippen LogP contribution >= 0.6 is 11.6 Å². The van der Waals surface area contributed by atoms with Gasteiger partial charge in [-0.15, -0.1) is 5.10 Å². The molecular formula is C7H11ClN2O2. The van der Waals surface area contributed by atoms with Crippen molar-refractivity contribution in [3.8, 4) is 0 Å². The summed E-state index contributed by atoms with van der Waals surface area (Å²) in [5.74, 6) is 0.398. The van der Waals surface area contributed by atoms with Crippen molar-refractivity contribution >= 4 is 11.6 Å². The van der Waals surface area contributed by atoms with Gasteiger partial charge in [0.1, 0.15) is 6.61 Å². The van der Waals surface area contributed by atoms with Crippen LogP contribution in [-0.2, 0) is 11.3 Å². The molecule has 0 fully saturated rings. The Morgan fingerprint density at radius 2 is 2.08 bits per heavy atom. The van der Waals surface area contributed by atoms with Crippen LogP contribution in [0.15, 0.2) is 4.42 Å². The maximum absolute atomic E-state index is 5.41. The fourth-order valence-corrected chi connectivity index (χ4v) is 0.697. The molecule has 4 nitrogen and oxygen atoms in total. The van der Waals surface area contributed by atoms with E-state index in [4.69, 9.17) is 20.8 Å². The van der Waals surface area contributed by atoms with E-state index in [-0.39, 0.29) is 11.0 Å². The quantitative estimate of drug-likeness (QED) is 0.716. The Bertz CT molecular complexity index is 254. The number of aromatic nitrogens is 2. The third kappa shape index (κ3) is 3.19. The Morgan fingerprint density at radius 1 is 1.42 bits per heavy atom. The first-order valence-corrected chi connectivity index (χ1v) is 3.97. The molecule has 0 saturated carbocycles. The summed E-state index contributed by atoms with van der Waals surface area (Å²) < 4.78 is 10.3. The van der Waals surface area contributed by atoms with Crippen molar-refractivity contribution < 1.29 is 9.15 Å². The number of halogens is 1. The molecule has 0 radical (unpaired) electrons. The van der Waals surface area contributed by atoms with Crippen LogP contribution < -0.4 is 0 Å². The van der Waals surface area contributed by atoms with Gasteiger partial charge < -0.3 is 9.15 Å². The van der Waals surface area contributed by atoms with Crippen LogP contribution in [0.25, 0.3) is 0 Å². The lowest BCUT2D eigenvalue weighted by atomic mass is 10.2. The second-order valence-electron chi connectivity index (χ2n) is 3.35. The predicted molar refractivity (Wildman–Crippen MR) is 43.9 cm³/mol. The fourth-order valence-electron chi connectivity index (χ4n) is 0.570. The van der Waals surface area contributed by atoms with Gasteiger partial charge in [-0.2, -0.15) is 0 Å². The van der Waals surface area contributed by atoms with Crippen LogP contribution in [0, 0.1) is 0 Å². The van der Waals surface area contributed by atoms with E-state index in [9.17, 15) is 0 Å². The molecule has 0 spiro atoms. The molecule has 0 atom stereocenters. The van der Waals surface area contributed by atoms with E-state index in [1.807, 2.05) is 20.8 Å². The normalized spacial score (nSPS) is 12.0. The Kier molecular flexibility index (Phi) is 2.69. The molecule has 5 heteroatoms. The van der Waals surface area contributed by atoms with Gasteiger partial charge in [0, 0.05) is 0 Å². The largest absolute Gasteiger partial charge is 0.410 e. The topological polar surface area (TPSA) is 48.2 Å². The van der Waals surface area contributed by atoms with E-state index in [0.29, 0.717) is 12.5 Å². The van der Waals surface area contributed by atoms with Gasteiger partial charge in [-0.3, -0.25) is 0 Å². The van der Waals surface area contributed by atoms with Gasteiger partial charge in [-0.05, 0) is 32.4 Å². The summed E-state index contributed by atoms with van der Waals surface area (Å²) in [6.45, 7) is 6.14. The lowest BCUT2D eigenvalue weighted by molar-refractivity contribution is -0.0243. The SMILES string of the molecule is CC(C)(C)OCc1nnc(Cl)o1. The van der Waals surface area contributed by atoms with Crippen LogP contribution in [0.2, 0.25) is 5.35 Å². The summed E-state index contributed by atoms with van der Waals surface area (Å²) in [5, 5.41) is 7.18. The number of nitrogens with zero attached hydrogens (tertiary/aromatic N) is 2. The lowest BCUT2D eigenvalue weighted by Gasteiger charge is -2.17. The minimum Gasteiger partial charge on any atom is -0.410 e. The summed E-state index contributed by atoms with van der Waals surface area (Å²) in [7, 11) is 0. The zero-order valence-corrected chi connectivity index (χ0v) is 8.05. The van der Waals surface area contributed by atoms with Crippen molar-refractivity contribution in [3.05, 3.63) is 11.2 Å². The number of hydrogen-bond acceptors (Lipinski definition) is 4. The molecule has 0 aliphatic rings. The number of rotatable bonds is 2. The summed E-state index contributed by atoms with van der Waals surface area (Å²) in [5.41, 5.74) is -0.207. The Labute approximate surface area is 75.9 Å². The molecule has 68 valence electrons. The predicted octanol–water partition coefficient (Wildman–Crippen LogP) is 2.04. The van der Waals surface area contributed by atoms with Gasteiger partial charge in [0.2, 0.25) is 5.89 Å². The van der Waals surface area contributed by atoms with Crippen molar-refractivity contribution in [3.63, 3.8) is 0 Å². The molecule has 1 aromatic rings. The third-order valence-corrected chi connectivity index (χ3v) is 1.22. The van der Waals surface area contributed by atoms with E-state index >= 15 is 0 Å². The van der Waals surface area contributed by atoms with Gasteiger partial charge in [-0.25, -0.2) is 0 Å². The Hall–Kier alpha value is -0.610. The molecule has 0 bridgehead atoms. The van der Waals surface area contributed by atoms with E-state index in [1.165, 1.54) is 0 Å². The lowest BCUT2D eigenvalue weighted by Crippen LogP contribution is -2.18. The molecule has 0 amide bonds. The molecule has 0 unspecified atom stereocenters. The summed E-state index contributed by atoms with van der Waals surface area (Å²) in [6.07, 6.45) is 0. The standard InChI is InChI=1S/C7H11ClN2O2/c1-7(2,3)11-4-5-9-10-6(8)12-5/h4H2,1-3H3. The average molecular weight is 191 g/mol. The van der Waals surface area contributed by atoms with Crippen molar-refractivity contribution in [1.82, 2.24) is 10.2 Å². The molecule has 12 heavy (non-hydrogen) atoms. The van der Waals surface area contributed by atoms with Crippen LogP contribution in [0.1, 0.15) is 26.7 Å². The zero-order chi connectivity index (χ0) is 9.19. The first-order chi connectivity index (χ1) is 5.47. The smallest absolute Gasteiger partial charge is 0.312 e. The first-order valence-electron chi connectivity index (χ1n) is 3.59. The highest BCUT2D eigenvalue weighted by Crippen LogP contribution is 2.12. The molecule has 0 aromatic carbocycles. The maximum atomic E-state index is 5.41. The highest BCUT2D eigenvalue weighted by atomic mass is 35.5. The molecule has 0 N–H and O–H groups in total. The van der Waals surface area contributed by atoms with Gasteiger partial charge >= 0.3 is 5.35 Å². The fraction of sp³-hybridized carbons (Fsp3) is 0.714. The third-order valence-electron chi connectivity index (χ3n) is 1.07. The monoisotopic (exact) mass is 190 g/mol. The van der Waals surface area contributed by atoms with Crippen molar-refractivity contribution in [1.29, 1.82) is 0 Å². The van der Waals surface area contributed by atoms with Crippen molar-refractivity contribution in [2.45, 2.75) is 33.0 Å². The van der Waals surface area contributed by atoms with Gasteiger partial charge in [0.05, 0.1) is 5.60 Å². The molecular weight excluding hydrogens is 180 g/mol. The molecule has 0 aliphatic carbocycles. The van der Waals surface area contributed by atoms with Crippen LogP contribution in [0.4, 0.5) is 0 Å². The highest BCUT2D eigenvalue weighted by Gasteiger charge is 2.12. The zero-order valence-electron chi connectivity index (χ0n) is 7.30. The van der Waals surface area contributed by atoms with E-state index < -0.39 is 0 Å². The van der Waals surface area contributed by atoms with Crippen LogP contribution in [0.3, 0.4) is 0 Å². The molecule has 0 aliphatic heterocycles. The summed E-state index contributed by atoms with van der Waals surface area (Å²) in [4.78, 5) is 0. The molecule has 1 heterocycles. The average Bonchev–Trinajstić information content (AvgIpc) is 2.30. The number of hydrogen-bond donors (Lipinski definition) is 0. The molecule has 1 aromatic heterocycles. The van der Waals surface area contributed by atoms with E-state index in [2.05, 4.69) is 10.2 Å². The van der Waals surface area contributed by atoms with Crippen molar-refractivity contribution in [2.24, 2.45) is 0 Å². The second kappa shape index (κ2) is 3.41. The van der Waals surface area contributed by atoms with E-state index in [1.54, 1.807) is 0 Å². The first kappa shape index (κ1) is 9.48. The van der Waals surface area contributed by atoms with Gasteiger partial charge in [0.25, 0.3) is 0 Å². The summed E-state index contributed by atoms with van der Waals surface area (Å²) >= 11 is 5.41. The minimum atomic E-state index is -0.207. The van der Waals surface area contributed by atoms with E-state index in [0.717, 1.165) is 0 Å². The second-order valence-corrected chi connectivity index (χ2v) is 3.67. The Morgan fingerprint density at radius 3 is 2.50 bits per heavy atom. The molecule has 1 rings (SSSR count). The number of ether oxygens (including phenoxy) is 1. The van der Waals surface area contributed by atoms with Crippen LogP contribution in [0.5, 0.6) is 0 Å². The van der Waals surface area contributed by atoms with Crippen LogP contribution in [-0.4, -0.2) is 15.8 Å². The van der Waals surface area contributed by atoms with Crippen molar-refractivity contribution in [2.75, 3.05) is 0 Å². The highest BCUT2D eigenvalue weighted by molar-refractivity contribution is 6.27. The van der Waals surface area contributed by atoms with Gasteiger partial charge in [0.15, 0.2) is 0 Å². The van der Waals surface area contributed by atoms with Gasteiger partial charge in [-0.1, -0.05) is 5.10 Å². The summed E-state index contributed by atoms with van der Waals surface area (Å²) in [6, 6.07) is 0. The molecule has 0 saturated heterocycles.